The third kappa shape index (κ3) is 5.42. The summed E-state index contributed by atoms with van der Waals surface area (Å²) in [4.78, 5) is 19.4. The molecule has 0 radical (unpaired) electrons. The Morgan fingerprint density at radius 1 is 1.03 bits per heavy atom. The van der Waals surface area contributed by atoms with E-state index in [-0.39, 0.29) is 5.91 Å². The van der Waals surface area contributed by atoms with Crippen LogP contribution >= 0.6 is 0 Å². The molecule has 0 aliphatic heterocycles. The van der Waals surface area contributed by atoms with Crippen molar-refractivity contribution in [2.24, 2.45) is 0 Å². The van der Waals surface area contributed by atoms with E-state index in [1.165, 1.54) is 0 Å². The van der Waals surface area contributed by atoms with E-state index in [2.05, 4.69) is 52.3 Å². The number of benzene rings is 2. The molecule has 0 spiro atoms. The van der Waals surface area contributed by atoms with Crippen LogP contribution in [0.25, 0.3) is 10.8 Å². The maximum Gasteiger partial charge on any atom is 0.251 e. The number of likely N-dealkylation sites (N-methyl/N-ethyl adjacent to an activating group) is 1. The highest BCUT2D eigenvalue weighted by molar-refractivity contribution is 5.96. The fourth-order valence-corrected chi connectivity index (χ4v) is 3.49. The van der Waals surface area contributed by atoms with Crippen molar-refractivity contribution in [2.45, 2.75) is 20.8 Å². The summed E-state index contributed by atoms with van der Waals surface area (Å²) < 4.78 is 0. The van der Waals surface area contributed by atoms with Gasteiger partial charge in [-0.25, -0.2) is 4.98 Å². The Morgan fingerprint density at radius 3 is 2.45 bits per heavy atom. The summed E-state index contributed by atoms with van der Waals surface area (Å²) in [5.41, 5.74) is 3.38. The van der Waals surface area contributed by atoms with E-state index in [1.807, 2.05) is 50.4 Å². The van der Waals surface area contributed by atoms with Crippen molar-refractivity contribution in [3.63, 3.8) is 0 Å². The second kappa shape index (κ2) is 10.6. The molecule has 3 aromatic rings. The highest BCUT2D eigenvalue weighted by atomic mass is 16.1. The Hall–Kier alpha value is -3.36. The summed E-state index contributed by atoms with van der Waals surface area (Å²) in [5, 5.41) is 8.22. The Morgan fingerprint density at radius 2 is 1.74 bits per heavy atom. The lowest BCUT2D eigenvalue weighted by Gasteiger charge is -2.18. The highest BCUT2D eigenvalue weighted by Gasteiger charge is 2.08. The van der Waals surface area contributed by atoms with E-state index >= 15 is 0 Å². The van der Waals surface area contributed by atoms with Gasteiger partial charge in [0.15, 0.2) is 0 Å². The molecule has 0 bridgehead atoms. The van der Waals surface area contributed by atoms with Gasteiger partial charge in [-0.2, -0.15) is 0 Å². The van der Waals surface area contributed by atoms with Crippen LogP contribution in [0.1, 0.15) is 40.9 Å². The minimum absolute atomic E-state index is 0.0688. The third-order valence-corrected chi connectivity index (χ3v) is 5.47. The van der Waals surface area contributed by atoms with Crippen LogP contribution in [0, 0.1) is 18.8 Å². The molecule has 0 aliphatic rings. The first-order valence-corrected chi connectivity index (χ1v) is 10.8. The first-order chi connectivity index (χ1) is 15.1. The van der Waals surface area contributed by atoms with Gasteiger partial charge in [-0.05, 0) is 37.7 Å². The highest BCUT2D eigenvalue weighted by Crippen LogP contribution is 2.23. The van der Waals surface area contributed by atoms with Crippen molar-refractivity contribution in [1.82, 2.24) is 15.2 Å². The fourth-order valence-electron chi connectivity index (χ4n) is 3.49. The third-order valence-electron chi connectivity index (χ3n) is 5.47. The standard InChI is InChI=1S/C26H30N4O/c1-5-30(6-2)16-15-28-26(31)21-12-11-19(3)20(17-21)13-14-22-18-29-25(27-4)24-10-8-7-9-23(22)24/h7-12,17-18H,5-6,15-16H2,1-4H3,(H,27,29)(H,28,31). The number of fused-ring (bicyclic) bond motifs is 1. The zero-order valence-corrected chi connectivity index (χ0v) is 18.7. The molecule has 2 N–H and O–H groups in total. The summed E-state index contributed by atoms with van der Waals surface area (Å²) in [6.07, 6.45) is 1.79. The predicted molar refractivity (Wildman–Crippen MR) is 129 cm³/mol. The van der Waals surface area contributed by atoms with Crippen molar-refractivity contribution in [3.05, 3.63) is 70.9 Å². The van der Waals surface area contributed by atoms with E-state index in [0.29, 0.717) is 12.1 Å². The summed E-state index contributed by atoms with van der Waals surface area (Å²) in [7, 11) is 1.86. The molecule has 0 aliphatic carbocycles. The molecule has 0 saturated heterocycles. The molecule has 0 fully saturated rings. The molecule has 0 atom stereocenters. The molecule has 1 amide bonds. The number of nitrogens with zero attached hydrogens (tertiary/aromatic N) is 2. The van der Waals surface area contributed by atoms with Crippen LogP contribution in [-0.2, 0) is 0 Å². The number of hydrogen-bond acceptors (Lipinski definition) is 4. The van der Waals surface area contributed by atoms with Gasteiger partial charge in [-0.3, -0.25) is 4.79 Å². The lowest BCUT2D eigenvalue weighted by molar-refractivity contribution is 0.0949. The van der Waals surface area contributed by atoms with Crippen LogP contribution in [0.15, 0.2) is 48.7 Å². The van der Waals surface area contributed by atoms with Gasteiger partial charge >= 0.3 is 0 Å². The van der Waals surface area contributed by atoms with E-state index in [1.54, 1.807) is 6.20 Å². The molecule has 2 aromatic carbocycles. The molecule has 3 rings (SSSR count). The maximum absolute atomic E-state index is 12.6. The topological polar surface area (TPSA) is 57.3 Å². The van der Waals surface area contributed by atoms with Gasteiger partial charge in [-0.1, -0.05) is 56.0 Å². The number of carbonyl (C=O) groups is 1. The van der Waals surface area contributed by atoms with Crippen LogP contribution < -0.4 is 10.6 Å². The van der Waals surface area contributed by atoms with E-state index in [0.717, 1.165) is 52.9 Å². The number of nitrogens with one attached hydrogen (secondary N) is 2. The van der Waals surface area contributed by atoms with Crippen molar-refractivity contribution in [2.75, 3.05) is 38.5 Å². The Labute approximate surface area is 184 Å². The normalized spacial score (nSPS) is 10.6. The van der Waals surface area contributed by atoms with Crippen molar-refractivity contribution in [3.8, 4) is 11.8 Å². The van der Waals surface area contributed by atoms with Crippen LogP contribution in [0.4, 0.5) is 5.82 Å². The predicted octanol–water partition coefficient (Wildman–Crippen LogP) is 4.06. The first-order valence-electron chi connectivity index (χ1n) is 10.8. The Kier molecular flexibility index (Phi) is 7.64. The SMILES string of the molecule is CCN(CC)CCNC(=O)c1ccc(C)c(C#Cc2cnc(NC)c3ccccc23)c1. The molecule has 160 valence electrons. The molecule has 5 heteroatoms. The van der Waals surface area contributed by atoms with Crippen molar-refractivity contribution < 1.29 is 4.79 Å². The smallest absolute Gasteiger partial charge is 0.251 e. The van der Waals surface area contributed by atoms with Gasteiger partial charge in [0.2, 0.25) is 0 Å². The van der Waals surface area contributed by atoms with Gasteiger partial charge in [0.05, 0.1) is 5.56 Å². The number of hydrogen-bond donors (Lipinski definition) is 2. The zero-order chi connectivity index (χ0) is 22.2. The molecular weight excluding hydrogens is 384 g/mol. The van der Waals surface area contributed by atoms with Crippen LogP contribution in [0.2, 0.25) is 0 Å². The minimum atomic E-state index is -0.0688. The van der Waals surface area contributed by atoms with Gasteiger partial charge in [0, 0.05) is 48.2 Å². The quantitative estimate of drug-likeness (QED) is 0.573. The van der Waals surface area contributed by atoms with Crippen LogP contribution in [0.3, 0.4) is 0 Å². The van der Waals surface area contributed by atoms with Crippen LogP contribution in [0.5, 0.6) is 0 Å². The van der Waals surface area contributed by atoms with Gasteiger partial charge in [0.1, 0.15) is 5.82 Å². The Balaban J connectivity index is 1.82. The van der Waals surface area contributed by atoms with Gasteiger partial charge in [0.25, 0.3) is 5.91 Å². The van der Waals surface area contributed by atoms with E-state index in [9.17, 15) is 4.79 Å². The number of carbonyl (C=O) groups excluding carboxylic acids is 1. The fraction of sp³-hybridized carbons (Fsp3) is 0.308. The lowest BCUT2D eigenvalue weighted by atomic mass is 10.0. The Bertz CT molecular complexity index is 1120. The maximum atomic E-state index is 12.6. The van der Waals surface area contributed by atoms with Gasteiger partial charge < -0.3 is 15.5 Å². The second-order valence-electron chi connectivity index (χ2n) is 7.38. The van der Waals surface area contributed by atoms with E-state index < -0.39 is 0 Å². The number of pyridine rings is 1. The van der Waals surface area contributed by atoms with Gasteiger partial charge in [-0.15, -0.1) is 0 Å². The summed E-state index contributed by atoms with van der Waals surface area (Å²) in [5.74, 6) is 7.27. The molecule has 5 nitrogen and oxygen atoms in total. The molecular formula is C26H30N4O. The number of aromatic nitrogens is 1. The first kappa shape index (κ1) is 22.3. The summed E-state index contributed by atoms with van der Waals surface area (Å²) in [6.45, 7) is 9.70. The molecule has 0 unspecified atom stereocenters. The monoisotopic (exact) mass is 414 g/mol. The average Bonchev–Trinajstić information content (AvgIpc) is 2.81. The van der Waals surface area contributed by atoms with Crippen LogP contribution in [-0.4, -0.2) is 49.0 Å². The second-order valence-corrected chi connectivity index (χ2v) is 7.38. The molecule has 0 saturated carbocycles. The zero-order valence-electron chi connectivity index (χ0n) is 18.7. The molecule has 31 heavy (non-hydrogen) atoms. The number of rotatable bonds is 7. The van der Waals surface area contributed by atoms with E-state index in [4.69, 9.17) is 0 Å². The summed E-state index contributed by atoms with van der Waals surface area (Å²) in [6, 6.07) is 13.8. The average molecular weight is 415 g/mol. The largest absolute Gasteiger partial charge is 0.373 e. The minimum Gasteiger partial charge on any atom is -0.373 e. The molecule has 1 aromatic heterocycles. The summed E-state index contributed by atoms with van der Waals surface area (Å²) >= 11 is 0. The molecule has 1 heterocycles. The number of aryl methyl sites for hydroxylation is 1. The van der Waals surface area contributed by atoms with Crippen molar-refractivity contribution >= 4 is 22.5 Å². The number of amides is 1. The number of anilines is 1. The lowest BCUT2D eigenvalue weighted by Crippen LogP contribution is -2.34. The van der Waals surface area contributed by atoms with Crippen molar-refractivity contribution in [1.29, 1.82) is 0 Å².